The molecule has 0 fully saturated rings. The zero-order valence-electron chi connectivity index (χ0n) is 14.6. The molecule has 26 heavy (non-hydrogen) atoms. The molecule has 0 atom stereocenters. The molecule has 0 aliphatic carbocycles. The maximum Gasteiger partial charge on any atom is 0.278 e. The number of anilines is 2. The standard InChI is InChI=1S/C19H19N3O4/c1-13-11-14(26-10-9-25-2)3-4-17(13)21-18-5-6-19(22(23)24)16-12-20-8-7-15(16)18/h3-8,11-12,21H,9-10H2,1-2H3. The predicted octanol–water partition coefficient (Wildman–Crippen LogP) is 4.22. The topological polar surface area (TPSA) is 86.5 Å². The van der Waals surface area contributed by atoms with Crippen molar-refractivity contribution in [2.24, 2.45) is 0 Å². The number of nitrogens with one attached hydrogen (secondary N) is 1. The zero-order valence-corrected chi connectivity index (χ0v) is 14.6. The molecule has 7 nitrogen and oxygen atoms in total. The van der Waals surface area contributed by atoms with Crippen LogP contribution in [0.2, 0.25) is 0 Å². The number of non-ortho nitro benzene ring substituents is 1. The second kappa shape index (κ2) is 7.79. The Morgan fingerprint density at radius 3 is 2.65 bits per heavy atom. The molecule has 0 spiro atoms. The number of methoxy groups -OCH3 is 1. The molecule has 3 rings (SSSR count). The highest BCUT2D eigenvalue weighted by atomic mass is 16.6. The number of nitro benzene ring substituents is 1. The summed E-state index contributed by atoms with van der Waals surface area (Å²) >= 11 is 0. The third-order valence-electron chi connectivity index (χ3n) is 4.02. The van der Waals surface area contributed by atoms with Crippen LogP contribution in [0.3, 0.4) is 0 Å². The fourth-order valence-electron chi connectivity index (χ4n) is 2.70. The minimum Gasteiger partial charge on any atom is -0.491 e. The molecule has 0 bridgehead atoms. The molecule has 0 unspecified atom stereocenters. The van der Waals surface area contributed by atoms with Gasteiger partial charge in [-0.05, 0) is 42.8 Å². The second-order valence-corrected chi connectivity index (χ2v) is 5.75. The Morgan fingerprint density at radius 1 is 1.12 bits per heavy atom. The van der Waals surface area contributed by atoms with Crippen LogP contribution in [0.4, 0.5) is 17.1 Å². The summed E-state index contributed by atoms with van der Waals surface area (Å²) in [7, 11) is 1.63. The van der Waals surface area contributed by atoms with Crippen molar-refractivity contribution in [2.75, 3.05) is 25.6 Å². The minimum absolute atomic E-state index is 0.0391. The quantitative estimate of drug-likeness (QED) is 0.389. The van der Waals surface area contributed by atoms with Crippen LogP contribution < -0.4 is 10.1 Å². The summed E-state index contributed by atoms with van der Waals surface area (Å²) in [5.41, 5.74) is 2.72. The first-order chi connectivity index (χ1) is 12.6. The Balaban J connectivity index is 1.90. The summed E-state index contributed by atoms with van der Waals surface area (Å²) in [5, 5.41) is 15.8. The van der Waals surface area contributed by atoms with Crippen molar-refractivity contribution in [1.82, 2.24) is 4.98 Å². The van der Waals surface area contributed by atoms with E-state index in [1.54, 1.807) is 25.4 Å². The van der Waals surface area contributed by atoms with Gasteiger partial charge in [-0.2, -0.15) is 0 Å². The Hall–Kier alpha value is -3.19. The summed E-state index contributed by atoms with van der Waals surface area (Å²) in [6.07, 6.45) is 3.13. The van der Waals surface area contributed by atoms with Crippen molar-refractivity contribution >= 4 is 27.8 Å². The average Bonchev–Trinajstić information content (AvgIpc) is 2.64. The zero-order chi connectivity index (χ0) is 18.5. The number of hydrogen-bond donors (Lipinski definition) is 1. The molecular weight excluding hydrogens is 334 g/mol. The second-order valence-electron chi connectivity index (χ2n) is 5.75. The molecule has 0 saturated carbocycles. The fourth-order valence-corrected chi connectivity index (χ4v) is 2.70. The lowest BCUT2D eigenvalue weighted by molar-refractivity contribution is -0.383. The van der Waals surface area contributed by atoms with Crippen LogP contribution in [-0.2, 0) is 4.74 Å². The molecule has 0 radical (unpaired) electrons. The van der Waals surface area contributed by atoms with Gasteiger partial charge in [0.1, 0.15) is 12.4 Å². The summed E-state index contributed by atoms with van der Waals surface area (Å²) in [6.45, 7) is 2.99. The number of benzene rings is 2. The SMILES string of the molecule is COCCOc1ccc(Nc2ccc([N+](=O)[O-])c3cnccc23)c(C)c1. The van der Waals surface area contributed by atoms with E-state index in [9.17, 15) is 10.1 Å². The van der Waals surface area contributed by atoms with Crippen LogP contribution in [-0.4, -0.2) is 30.2 Å². The lowest BCUT2D eigenvalue weighted by Crippen LogP contribution is -2.04. The van der Waals surface area contributed by atoms with Crippen molar-refractivity contribution in [3.63, 3.8) is 0 Å². The average molecular weight is 353 g/mol. The highest BCUT2D eigenvalue weighted by Gasteiger charge is 2.14. The van der Waals surface area contributed by atoms with Crippen molar-refractivity contribution in [1.29, 1.82) is 0 Å². The van der Waals surface area contributed by atoms with Gasteiger partial charge in [-0.25, -0.2) is 0 Å². The number of rotatable bonds is 7. The highest BCUT2D eigenvalue weighted by molar-refractivity contribution is 6.00. The van der Waals surface area contributed by atoms with Gasteiger partial charge in [0.2, 0.25) is 0 Å². The van der Waals surface area contributed by atoms with Gasteiger partial charge < -0.3 is 14.8 Å². The van der Waals surface area contributed by atoms with E-state index in [1.165, 1.54) is 12.3 Å². The molecule has 134 valence electrons. The molecule has 2 aromatic carbocycles. The van der Waals surface area contributed by atoms with Crippen molar-refractivity contribution < 1.29 is 14.4 Å². The molecule has 1 N–H and O–H groups in total. The summed E-state index contributed by atoms with van der Waals surface area (Å²) in [6, 6.07) is 10.7. The molecular formula is C19H19N3O4. The maximum atomic E-state index is 11.2. The van der Waals surface area contributed by atoms with Crippen molar-refractivity contribution in [3.05, 3.63) is 64.5 Å². The predicted molar refractivity (Wildman–Crippen MR) is 100 cm³/mol. The van der Waals surface area contributed by atoms with Crippen LogP contribution in [0.5, 0.6) is 5.75 Å². The molecule has 0 saturated heterocycles. The van der Waals surface area contributed by atoms with Gasteiger partial charge in [0, 0.05) is 42.3 Å². The van der Waals surface area contributed by atoms with Gasteiger partial charge >= 0.3 is 0 Å². The number of aromatic nitrogens is 1. The van der Waals surface area contributed by atoms with Crippen molar-refractivity contribution in [2.45, 2.75) is 6.92 Å². The van der Waals surface area contributed by atoms with E-state index in [-0.39, 0.29) is 5.69 Å². The first kappa shape index (κ1) is 17.6. The number of ether oxygens (including phenoxy) is 2. The third-order valence-corrected chi connectivity index (χ3v) is 4.02. The van der Waals surface area contributed by atoms with E-state index in [0.717, 1.165) is 28.1 Å². The summed E-state index contributed by atoms with van der Waals surface area (Å²) < 4.78 is 10.6. The van der Waals surface area contributed by atoms with E-state index in [0.29, 0.717) is 18.6 Å². The van der Waals surface area contributed by atoms with E-state index in [4.69, 9.17) is 9.47 Å². The number of pyridine rings is 1. The van der Waals surface area contributed by atoms with E-state index < -0.39 is 4.92 Å². The number of hydrogen-bond acceptors (Lipinski definition) is 6. The normalized spacial score (nSPS) is 10.7. The van der Waals surface area contributed by atoms with Gasteiger partial charge in [-0.1, -0.05) is 0 Å². The first-order valence-corrected chi connectivity index (χ1v) is 8.10. The van der Waals surface area contributed by atoms with Crippen LogP contribution in [0.25, 0.3) is 10.8 Å². The van der Waals surface area contributed by atoms with Crippen molar-refractivity contribution in [3.8, 4) is 5.75 Å². The molecule has 3 aromatic rings. The van der Waals surface area contributed by atoms with Gasteiger partial charge in [-0.15, -0.1) is 0 Å². The van der Waals surface area contributed by atoms with Gasteiger partial charge in [-0.3, -0.25) is 15.1 Å². The molecule has 0 aliphatic heterocycles. The number of nitrogens with zero attached hydrogens (tertiary/aromatic N) is 2. The highest BCUT2D eigenvalue weighted by Crippen LogP contribution is 2.33. The monoisotopic (exact) mass is 353 g/mol. The summed E-state index contributed by atoms with van der Waals surface area (Å²) in [4.78, 5) is 14.8. The fraction of sp³-hybridized carbons (Fsp3) is 0.211. The van der Waals surface area contributed by atoms with Gasteiger partial charge in [0.05, 0.1) is 16.9 Å². The minimum atomic E-state index is -0.398. The van der Waals surface area contributed by atoms with Crippen LogP contribution >= 0.6 is 0 Å². The van der Waals surface area contributed by atoms with Gasteiger partial charge in [0.15, 0.2) is 0 Å². The lowest BCUT2D eigenvalue weighted by Gasteiger charge is -2.14. The summed E-state index contributed by atoms with van der Waals surface area (Å²) in [5.74, 6) is 0.767. The molecule has 0 aliphatic rings. The smallest absolute Gasteiger partial charge is 0.278 e. The first-order valence-electron chi connectivity index (χ1n) is 8.10. The van der Waals surface area contributed by atoms with E-state index >= 15 is 0 Å². The van der Waals surface area contributed by atoms with Crippen LogP contribution in [0.15, 0.2) is 48.8 Å². The Kier molecular flexibility index (Phi) is 5.28. The largest absolute Gasteiger partial charge is 0.491 e. The van der Waals surface area contributed by atoms with Gasteiger partial charge in [0.25, 0.3) is 5.69 Å². The lowest BCUT2D eigenvalue weighted by atomic mass is 10.1. The number of nitro groups is 1. The molecule has 0 amide bonds. The molecule has 1 aromatic heterocycles. The van der Waals surface area contributed by atoms with E-state index in [2.05, 4.69) is 10.3 Å². The number of aryl methyl sites for hydroxylation is 1. The molecule has 1 heterocycles. The molecule has 7 heteroatoms. The van der Waals surface area contributed by atoms with Crippen LogP contribution in [0, 0.1) is 17.0 Å². The Morgan fingerprint density at radius 2 is 1.92 bits per heavy atom. The number of fused-ring (bicyclic) bond motifs is 1. The maximum absolute atomic E-state index is 11.2. The van der Waals surface area contributed by atoms with Crippen LogP contribution in [0.1, 0.15) is 5.56 Å². The Bertz CT molecular complexity index is 943. The Labute approximate surface area is 150 Å². The third kappa shape index (κ3) is 3.73. The van der Waals surface area contributed by atoms with E-state index in [1.807, 2.05) is 25.1 Å².